The SMILES string of the molecule is CC1(C)O[C@H]2CC(=O)OC[C@]23[C@H]1C(=O)[C@@H](O)[C@]1(C)[C@H]3CC[C@@]2(C)[C@H](c3ccoc3CCCCCCCCO)OC(=O)[C@H]3O[C@]312. The number of carbonyl (C=O) groups excluding carboxylic acids is 3. The van der Waals surface area contributed by atoms with E-state index in [4.69, 9.17) is 28.5 Å². The molecule has 1 aromatic rings. The van der Waals surface area contributed by atoms with Gasteiger partial charge in [-0.25, -0.2) is 4.79 Å². The number of Topliss-reactive ketones (excluding diaryl/α,β-unsaturated/α-hetero) is 1. The fraction of sp³-hybridized carbons (Fsp3) is 0.794. The van der Waals surface area contributed by atoms with Crippen LogP contribution in [0.3, 0.4) is 0 Å². The van der Waals surface area contributed by atoms with Crippen molar-refractivity contribution in [2.24, 2.45) is 28.1 Å². The zero-order valence-electron chi connectivity index (χ0n) is 26.3. The van der Waals surface area contributed by atoms with Gasteiger partial charge in [-0.1, -0.05) is 39.5 Å². The molecular weight excluding hydrogens is 568 g/mol. The Morgan fingerprint density at radius 3 is 2.43 bits per heavy atom. The molecule has 242 valence electrons. The van der Waals surface area contributed by atoms with Crippen LogP contribution in [0.15, 0.2) is 16.7 Å². The van der Waals surface area contributed by atoms with Crippen LogP contribution in [0.1, 0.15) is 103 Å². The lowest BCUT2D eigenvalue weighted by atomic mass is 9.36. The molecule has 2 aliphatic carbocycles. The summed E-state index contributed by atoms with van der Waals surface area (Å²) in [6.45, 7) is 7.97. The molecule has 0 bridgehead atoms. The number of epoxide rings is 1. The van der Waals surface area contributed by atoms with Gasteiger partial charge in [0.05, 0.1) is 30.3 Å². The van der Waals surface area contributed by atoms with Crippen LogP contribution in [0.4, 0.5) is 0 Å². The molecule has 10 nitrogen and oxygen atoms in total. The number of esters is 2. The average Bonchev–Trinajstić information content (AvgIpc) is 3.52. The van der Waals surface area contributed by atoms with Gasteiger partial charge >= 0.3 is 11.9 Å². The highest BCUT2D eigenvalue weighted by Crippen LogP contribution is 2.80. The Hall–Kier alpha value is -2.27. The van der Waals surface area contributed by atoms with E-state index in [0.29, 0.717) is 19.3 Å². The number of aliphatic hydroxyl groups excluding tert-OH is 2. The summed E-state index contributed by atoms with van der Waals surface area (Å²) in [5.74, 6) is -1.35. The van der Waals surface area contributed by atoms with Crippen LogP contribution in [0.25, 0.3) is 0 Å². The minimum atomic E-state index is -1.40. The lowest BCUT2D eigenvalue weighted by molar-refractivity contribution is -0.252. The number of hydrogen-bond acceptors (Lipinski definition) is 10. The van der Waals surface area contributed by atoms with Crippen molar-refractivity contribution in [2.45, 2.75) is 128 Å². The van der Waals surface area contributed by atoms with Crippen molar-refractivity contribution in [3.8, 4) is 0 Å². The molecule has 2 N–H and O–H groups in total. The maximum Gasteiger partial charge on any atom is 0.339 e. The molecule has 1 aromatic heterocycles. The van der Waals surface area contributed by atoms with E-state index in [1.165, 1.54) is 0 Å². The minimum absolute atomic E-state index is 0.0422. The van der Waals surface area contributed by atoms with Gasteiger partial charge in [-0.3, -0.25) is 9.59 Å². The zero-order chi connectivity index (χ0) is 31.3. The third-order valence-corrected chi connectivity index (χ3v) is 12.7. The molecule has 10 heteroatoms. The van der Waals surface area contributed by atoms with E-state index in [1.54, 1.807) is 6.26 Å². The highest BCUT2D eigenvalue weighted by Gasteiger charge is 2.90. The van der Waals surface area contributed by atoms with Gasteiger partial charge in [-0.2, -0.15) is 0 Å². The Morgan fingerprint density at radius 2 is 1.68 bits per heavy atom. The van der Waals surface area contributed by atoms with E-state index in [1.807, 2.05) is 26.8 Å². The predicted octanol–water partition coefficient (Wildman–Crippen LogP) is 3.98. The molecule has 0 unspecified atom stereocenters. The minimum Gasteiger partial charge on any atom is -0.469 e. The number of hydrogen-bond donors (Lipinski definition) is 2. The number of fused-ring (bicyclic) bond motifs is 1. The van der Waals surface area contributed by atoms with Crippen molar-refractivity contribution in [3.05, 3.63) is 23.7 Å². The highest BCUT2D eigenvalue weighted by atomic mass is 16.7. The largest absolute Gasteiger partial charge is 0.469 e. The first-order chi connectivity index (χ1) is 20.9. The van der Waals surface area contributed by atoms with E-state index in [2.05, 4.69) is 6.92 Å². The molecule has 2 spiro atoms. The van der Waals surface area contributed by atoms with Gasteiger partial charge < -0.3 is 33.6 Å². The van der Waals surface area contributed by atoms with Crippen LogP contribution in [-0.2, 0) is 39.8 Å². The summed E-state index contributed by atoms with van der Waals surface area (Å²) in [7, 11) is 0. The van der Waals surface area contributed by atoms with E-state index in [9.17, 15) is 19.5 Å². The molecule has 4 saturated heterocycles. The summed E-state index contributed by atoms with van der Waals surface area (Å²) >= 11 is 0. The molecule has 10 atom stereocenters. The number of aryl methyl sites for hydroxylation is 1. The standard InChI is InChI=1S/C34H46O10/c1-30(2)25-24(37)26(38)32(4)21(33(25)18-41-23(36)17-22(33)43-30)12-14-31(3)27(42-29(39)28-34(31,32)44-28)19-13-16-40-20(19)11-9-7-5-6-8-10-15-35/h13,16,21-22,25-28,35,38H,5-12,14-15,17-18H2,1-4H3/t21-,22+,25+,26-,27+,28-,31+,32+,33-,34+/m1/s1. The molecule has 2 saturated carbocycles. The van der Waals surface area contributed by atoms with Crippen LogP contribution >= 0.6 is 0 Å². The van der Waals surface area contributed by atoms with Crippen LogP contribution in [0.2, 0.25) is 0 Å². The van der Waals surface area contributed by atoms with Crippen LogP contribution in [0.5, 0.6) is 0 Å². The van der Waals surface area contributed by atoms with Gasteiger partial charge in [-0.05, 0) is 51.5 Å². The summed E-state index contributed by atoms with van der Waals surface area (Å²) in [6, 6.07) is 1.88. The molecule has 0 aromatic carbocycles. The summed E-state index contributed by atoms with van der Waals surface area (Å²) in [4.78, 5) is 40.5. The topological polar surface area (TPSA) is 145 Å². The number of ketones is 1. The highest BCUT2D eigenvalue weighted by molar-refractivity contribution is 5.92. The van der Waals surface area contributed by atoms with Crippen molar-refractivity contribution in [1.82, 2.24) is 0 Å². The first-order valence-electron chi connectivity index (χ1n) is 16.5. The third kappa shape index (κ3) is 3.71. The molecule has 6 fully saturated rings. The van der Waals surface area contributed by atoms with Crippen molar-refractivity contribution < 1.29 is 48.0 Å². The smallest absolute Gasteiger partial charge is 0.339 e. The molecule has 6 aliphatic rings. The van der Waals surface area contributed by atoms with Gasteiger partial charge in [0, 0.05) is 34.8 Å². The molecular formula is C34H46O10. The monoisotopic (exact) mass is 614 g/mol. The molecule has 4 aliphatic heterocycles. The number of ether oxygens (including phenoxy) is 4. The maximum absolute atomic E-state index is 14.4. The van der Waals surface area contributed by atoms with Crippen molar-refractivity contribution in [2.75, 3.05) is 13.2 Å². The number of unbranched alkanes of at least 4 members (excludes halogenated alkanes) is 5. The van der Waals surface area contributed by atoms with Crippen molar-refractivity contribution in [1.29, 1.82) is 0 Å². The second kappa shape index (κ2) is 10.1. The quantitative estimate of drug-likeness (QED) is 0.238. The first-order valence-corrected chi connectivity index (χ1v) is 16.5. The third-order valence-electron chi connectivity index (χ3n) is 12.7. The van der Waals surface area contributed by atoms with Crippen LogP contribution in [-0.4, -0.2) is 70.7 Å². The molecule has 44 heavy (non-hydrogen) atoms. The fourth-order valence-electron chi connectivity index (χ4n) is 11.0. The number of aliphatic hydroxyl groups is 2. The molecule has 5 heterocycles. The second-order valence-electron chi connectivity index (χ2n) is 15.2. The van der Waals surface area contributed by atoms with Gasteiger partial charge in [0.15, 0.2) is 11.9 Å². The van der Waals surface area contributed by atoms with E-state index in [0.717, 1.165) is 49.8 Å². The lowest BCUT2D eigenvalue weighted by Gasteiger charge is -2.66. The zero-order valence-corrected chi connectivity index (χ0v) is 26.3. The van der Waals surface area contributed by atoms with Gasteiger partial charge in [0.2, 0.25) is 0 Å². The Kier molecular flexibility index (Phi) is 6.98. The summed E-state index contributed by atoms with van der Waals surface area (Å²) in [6.07, 6.45) is 6.11. The first kappa shape index (κ1) is 30.4. The van der Waals surface area contributed by atoms with Gasteiger partial charge in [0.1, 0.15) is 30.2 Å². The predicted molar refractivity (Wildman–Crippen MR) is 154 cm³/mol. The Labute approximate surface area is 258 Å². The summed E-state index contributed by atoms with van der Waals surface area (Å²) in [5, 5.41) is 21.1. The van der Waals surface area contributed by atoms with E-state index >= 15 is 0 Å². The number of furan rings is 1. The number of cyclic esters (lactones) is 2. The summed E-state index contributed by atoms with van der Waals surface area (Å²) < 4.78 is 30.8. The van der Waals surface area contributed by atoms with Crippen LogP contribution in [0, 0.1) is 28.1 Å². The van der Waals surface area contributed by atoms with Gasteiger partial charge in [-0.15, -0.1) is 0 Å². The Morgan fingerprint density at radius 1 is 0.955 bits per heavy atom. The van der Waals surface area contributed by atoms with Crippen LogP contribution < -0.4 is 0 Å². The van der Waals surface area contributed by atoms with Gasteiger partial charge in [0.25, 0.3) is 0 Å². The molecule has 0 radical (unpaired) electrons. The maximum atomic E-state index is 14.4. The normalized spacial score (nSPS) is 44.9. The Balaban J connectivity index is 1.24. The average molecular weight is 615 g/mol. The number of carbonyl (C=O) groups is 3. The van der Waals surface area contributed by atoms with Crippen molar-refractivity contribution >= 4 is 17.7 Å². The fourth-order valence-corrected chi connectivity index (χ4v) is 11.0. The second-order valence-corrected chi connectivity index (χ2v) is 15.2. The molecule has 7 rings (SSSR count). The lowest BCUT2D eigenvalue weighted by Crippen LogP contribution is -2.76. The Bertz CT molecular complexity index is 1350. The summed E-state index contributed by atoms with van der Waals surface area (Å²) in [5.41, 5.74) is -3.96. The van der Waals surface area contributed by atoms with E-state index in [-0.39, 0.29) is 37.3 Å². The van der Waals surface area contributed by atoms with Crippen molar-refractivity contribution in [3.63, 3.8) is 0 Å². The molecule has 0 amide bonds. The van der Waals surface area contributed by atoms with E-state index < -0.39 is 63.8 Å². The number of rotatable bonds is 9.